The molecule has 3 N–H and O–H groups in total. The van der Waals surface area contributed by atoms with Crippen LogP contribution in [0.5, 0.6) is 0 Å². The molecule has 0 radical (unpaired) electrons. The molecule has 0 aliphatic heterocycles. The second-order valence-corrected chi connectivity index (χ2v) is 4.58. The molecule has 0 aliphatic rings. The van der Waals surface area contributed by atoms with E-state index in [1.165, 1.54) is 0 Å². The van der Waals surface area contributed by atoms with Gasteiger partial charge < -0.3 is 28.6 Å². The molecule has 86 valence electrons. The summed E-state index contributed by atoms with van der Waals surface area (Å²) in [6, 6.07) is 0.168. The van der Waals surface area contributed by atoms with Crippen LogP contribution in [0.3, 0.4) is 0 Å². The molecule has 0 heterocycles. The lowest BCUT2D eigenvalue weighted by molar-refractivity contribution is -0.0658. The lowest BCUT2D eigenvalue weighted by atomic mass is 10.5. The minimum atomic E-state index is -3.44. The van der Waals surface area contributed by atoms with Crippen LogP contribution in [0.4, 0.5) is 0 Å². The van der Waals surface area contributed by atoms with Crippen molar-refractivity contribution in [3.63, 3.8) is 0 Å². The van der Waals surface area contributed by atoms with E-state index in [1.54, 1.807) is 7.11 Å². The third kappa shape index (κ3) is 12.0. The SMILES string of the molecule is [3H]O[Si](CCCOCOCCOC)(O[3H])O[3H]. The second kappa shape index (κ2) is 8.30. The fourth-order valence-corrected chi connectivity index (χ4v) is 1.29. The Kier molecular flexibility index (Phi) is 5.47. The summed E-state index contributed by atoms with van der Waals surface area (Å²) in [6.07, 6.45) is 0.455. The molecular weight excluding hydrogens is 208 g/mol. The van der Waals surface area contributed by atoms with Gasteiger partial charge in [-0.3, -0.25) is 0 Å². The Morgan fingerprint density at radius 1 is 1.14 bits per heavy atom. The Bertz CT molecular complexity index is 165. The molecule has 0 rings (SSSR count). The highest BCUT2D eigenvalue weighted by Crippen LogP contribution is 2.00. The van der Waals surface area contributed by atoms with Crippen LogP contribution >= 0.6 is 0 Å². The summed E-state index contributed by atoms with van der Waals surface area (Å²) in [6.45, 7) is 1.45. The van der Waals surface area contributed by atoms with Gasteiger partial charge in [0.2, 0.25) is 0 Å². The highest BCUT2D eigenvalue weighted by molar-refractivity contribution is 6.56. The smallest absolute Gasteiger partial charge is 0.390 e. The van der Waals surface area contributed by atoms with Crippen LogP contribution in [0.2, 0.25) is 6.04 Å². The molecule has 0 fully saturated rings. The molecule has 0 bridgehead atoms. The Morgan fingerprint density at radius 3 is 2.50 bits per heavy atom. The largest absolute Gasteiger partial charge is 0.492 e. The van der Waals surface area contributed by atoms with Crippen LogP contribution in [-0.4, -0.2) is 61.2 Å². The number of hydrogen-bond donors (Lipinski definition) is 3. The van der Waals surface area contributed by atoms with E-state index in [-0.39, 0.29) is 12.8 Å². The van der Waals surface area contributed by atoms with Crippen LogP contribution in [0.25, 0.3) is 0 Å². The van der Waals surface area contributed by atoms with Crippen LogP contribution in [0.15, 0.2) is 0 Å². The summed E-state index contributed by atoms with van der Waals surface area (Å²) in [4.78, 5) is 12.5. The first-order chi connectivity index (χ1) is 8.24. The maximum atomic E-state index is 6.69. The van der Waals surface area contributed by atoms with Gasteiger partial charge in [-0.05, 0) is 6.42 Å². The maximum Gasteiger partial charge on any atom is 0.492 e. The van der Waals surface area contributed by atoms with Crippen molar-refractivity contribution in [2.45, 2.75) is 12.5 Å². The van der Waals surface area contributed by atoms with Crippen molar-refractivity contribution < 1.29 is 28.6 Å². The monoisotopic (exact) mass is 232 g/mol. The minimum absolute atomic E-state index is 0.142. The van der Waals surface area contributed by atoms with E-state index in [2.05, 4.69) is 14.4 Å². The summed E-state index contributed by atoms with van der Waals surface area (Å²) in [5.41, 5.74) is 0. The molecule has 0 atom stereocenters. The predicted molar refractivity (Wildman–Crippen MR) is 50.5 cm³/mol. The topological polar surface area (TPSA) is 88.4 Å². The summed E-state index contributed by atoms with van der Waals surface area (Å²) in [5.74, 6) is 0. The Labute approximate surface area is 88.9 Å². The molecule has 0 aliphatic carbocycles. The summed E-state index contributed by atoms with van der Waals surface area (Å²) in [5, 5.41) is 0. The molecule has 0 aromatic carbocycles. The molecule has 14 heavy (non-hydrogen) atoms. The molecular formula is C7H18O6Si. The zero-order chi connectivity index (χ0) is 13.0. The van der Waals surface area contributed by atoms with Gasteiger partial charge >= 0.3 is 8.80 Å². The van der Waals surface area contributed by atoms with E-state index in [0.29, 0.717) is 26.2 Å². The molecule has 0 aromatic heterocycles. The number of hydrogen-bond acceptors (Lipinski definition) is 6. The summed E-state index contributed by atoms with van der Waals surface area (Å²) in [7, 11) is -1.86. The van der Waals surface area contributed by atoms with Gasteiger partial charge in [0.25, 0.3) is 0 Å². The molecule has 0 saturated heterocycles. The van der Waals surface area contributed by atoms with Crippen molar-refractivity contribution in [1.29, 1.82) is 4.29 Å². The van der Waals surface area contributed by atoms with E-state index in [9.17, 15) is 0 Å². The summed E-state index contributed by atoms with van der Waals surface area (Å²) >= 11 is 0. The molecule has 6 nitrogen and oxygen atoms in total. The molecule has 0 amide bonds. The van der Waals surface area contributed by atoms with Gasteiger partial charge in [0.05, 0.1) is 13.2 Å². The van der Waals surface area contributed by atoms with Crippen molar-refractivity contribution in [3.05, 3.63) is 0 Å². The Balaban J connectivity index is 3.43. The lowest BCUT2D eigenvalue weighted by Crippen LogP contribution is -2.34. The number of ether oxygens (including phenoxy) is 3. The number of rotatable bonds is 12. The zero-order valence-corrected chi connectivity index (χ0v) is 9.19. The highest BCUT2D eigenvalue weighted by Gasteiger charge is 2.25. The van der Waals surface area contributed by atoms with Crippen molar-refractivity contribution >= 4 is 8.80 Å². The first-order valence-electron chi connectivity index (χ1n) is 5.54. The predicted octanol–water partition coefficient (Wildman–Crippen LogP) is -1.07. The zero-order valence-electron chi connectivity index (χ0n) is 11.2. The van der Waals surface area contributed by atoms with Crippen LogP contribution in [0.1, 0.15) is 6.42 Å². The van der Waals surface area contributed by atoms with E-state index >= 15 is 0 Å². The third-order valence-electron chi connectivity index (χ3n) is 1.37. The lowest BCUT2D eigenvalue weighted by Gasteiger charge is -2.09. The van der Waals surface area contributed by atoms with Gasteiger partial charge in [0, 0.05) is 19.8 Å². The van der Waals surface area contributed by atoms with Crippen LogP contribution in [-0.2, 0) is 14.2 Å². The van der Waals surface area contributed by atoms with Gasteiger partial charge in [0.15, 0.2) is 4.29 Å². The van der Waals surface area contributed by atoms with Crippen LogP contribution < -0.4 is 0 Å². The van der Waals surface area contributed by atoms with Gasteiger partial charge in [-0.15, -0.1) is 0 Å². The maximum absolute atomic E-state index is 6.69. The first-order valence-corrected chi connectivity index (χ1v) is 6.25. The third-order valence-corrected chi connectivity index (χ3v) is 2.34. The van der Waals surface area contributed by atoms with Crippen molar-refractivity contribution in [3.8, 4) is 0 Å². The highest BCUT2D eigenvalue weighted by atomic mass is 28.4. The first kappa shape index (κ1) is 9.22. The second-order valence-electron chi connectivity index (χ2n) is 2.71. The molecule has 0 unspecified atom stereocenters. The van der Waals surface area contributed by atoms with Gasteiger partial charge in [-0.25, -0.2) is 0 Å². The van der Waals surface area contributed by atoms with E-state index in [4.69, 9.17) is 18.5 Å². The van der Waals surface area contributed by atoms with E-state index < -0.39 is 8.80 Å². The minimum Gasteiger partial charge on any atom is -0.390 e. The fourth-order valence-electron chi connectivity index (χ4n) is 0.710. The normalized spacial score (nSPS) is 14.8. The van der Waals surface area contributed by atoms with Gasteiger partial charge in [-0.1, -0.05) is 0 Å². The van der Waals surface area contributed by atoms with Crippen molar-refractivity contribution in [1.82, 2.24) is 0 Å². The van der Waals surface area contributed by atoms with Crippen molar-refractivity contribution in [2.24, 2.45) is 0 Å². The molecule has 0 aromatic rings. The molecule has 0 spiro atoms. The average Bonchev–Trinajstić information content (AvgIpc) is 2.38. The van der Waals surface area contributed by atoms with E-state index in [1.807, 2.05) is 0 Å². The van der Waals surface area contributed by atoms with E-state index in [0.717, 1.165) is 0 Å². The molecule has 0 saturated carbocycles. The van der Waals surface area contributed by atoms with Crippen LogP contribution in [0, 0.1) is 0 Å². The van der Waals surface area contributed by atoms with Gasteiger partial charge in [0.1, 0.15) is 6.79 Å². The van der Waals surface area contributed by atoms with Gasteiger partial charge in [-0.2, -0.15) is 0 Å². The quantitative estimate of drug-likeness (QED) is 0.226. The average molecular weight is 232 g/mol. The molecule has 7 heteroatoms. The Morgan fingerprint density at radius 2 is 1.86 bits per heavy atom. The fraction of sp³-hybridized carbons (Fsp3) is 1.00. The summed E-state index contributed by atoms with van der Waals surface area (Å²) < 4.78 is 35.0. The van der Waals surface area contributed by atoms with Crippen molar-refractivity contribution in [2.75, 3.05) is 33.7 Å². The Hall–Kier alpha value is -0.0231. The standard InChI is InChI=1S/C7H18O6Si/c1-11-4-5-13-7-12-3-2-6-14(8,9)10/h8-10H,2-7H2,1H3/i8T,9T,10T. The number of methoxy groups -OCH3 is 1.